The quantitative estimate of drug-likeness (QED) is 0.259. The van der Waals surface area contributed by atoms with Crippen LogP contribution in [0.25, 0.3) is 11.5 Å². The summed E-state index contributed by atoms with van der Waals surface area (Å²) in [6, 6.07) is 6.98. The van der Waals surface area contributed by atoms with Gasteiger partial charge < -0.3 is 15.4 Å². The van der Waals surface area contributed by atoms with Gasteiger partial charge in [0, 0.05) is 37.1 Å². The van der Waals surface area contributed by atoms with Crippen molar-refractivity contribution in [1.29, 1.82) is 0 Å². The zero-order valence-electron chi connectivity index (χ0n) is 22.9. The number of methoxy groups -OCH3 is 1. The van der Waals surface area contributed by atoms with E-state index in [0.717, 1.165) is 23.3 Å². The largest absolute Gasteiger partial charge is 0.368 e. The van der Waals surface area contributed by atoms with Gasteiger partial charge in [0.25, 0.3) is 5.91 Å². The van der Waals surface area contributed by atoms with E-state index >= 15 is 0 Å². The number of pyridine rings is 1. The number of hydrogen-bond donors (Lipinski definition) is 3. The molecule has 0 radical (unpaired) electrons. The van der Waals surface area contributed by atoms with E-state index in [2.05, 4.69) is 41.1 Å². The lowest BCUT2D eigenvalue weighted by Crippen LogP contribution is -2.51. The number of halogens is 1. The van der Waals surface area contributed by atoms with E-state index in [4.69, 9.17) is 9.72 Å². The number of hydrogen-bond acceptors (Lipinski definition) is 9. The molecule has 0 bridgehead atoms. The van der Waals surface area contributed by atoms with Gasteiger partial charge in [-0.1, -0.05) is 6.07 Å². The minimum Gasteiger partial charge on any atom is -0.368 e. The number of aryl methyl sites for hydroxylation is 1. The molecule has 1 aliphatic rings. The molecule has 1 aliphatic carbocycles. The number of carbonyl (C=O) groups is 1. The lowest BCUT2D eigenvalue weighted by molar-refractivity contribution is -0.148. The molecule has 0 unspecified atom stereocenters. The Balaban J connectivity index is 1.14. The minimum atomic E-state index is -0.959. The Morgan fingerprint density at radius 1 is 1.22 bits per heavy atom. The van der Waals surface area contributed by atoms with Crippen LogP contribution < -0.4 is 10.6 Å². The molecule has 0 aromatic carbocycles. The Labute approximate surface area is 234 Å². The molecule has 5 heterocycles. The Kier molecular flexibility index (Phi) is 6.91. The molecule has 5 aromatic heterocycles. The maximum Gasteiger partial charge on any atom is 0.252 e. The van der Waals surface area contributed by atoms with Gasteiger partial charge in [-0.15, -0.1) is 10.2 Å². The number of fused-ring (bicyclic) bond motifs is 1. The summed E-state index contributed by atoms with van der Waals surface area (Å²) in [7, 11) is 1.58. The van der Waals surface area contributed by atoms with E-state index in [9.17, 15) is 9.18 Å². The van der Waals surface area contributed by atoms with Gasteiger partial charge in [0.2, 0.25) is 0 Å². The van der Waals surface area contributed by atoms with Crippen LogP contribution in [0, 0.1) is 12.7 Å². The second-order valence-electron chi connectivity index (χ2n) is 10.3. The molecule has 1 amide bonds. The summed E-state index contributed by atoms with van der Waals surface area (Å²) < 4.78 is 22.4. The van der Waals surface area contributed by atoms with Crippen LogP contribution in [0.5, 0.6) is 0 Å². The van der Waals surface area contributed by atoms with Gasteiger partial charge in [0.1, 0.15) is 23.6 Å². The number of rotatable bonds is 8. The van der Waals surface area contributed by atoms with Crippen LogP contribution in [0.2, 0.25) is 0 Å². The second kappa shape index (κ2) is 10.7. The highest BCUT2D eigenvalue weighted by Crippen LogP contribution is 2.40. The van der Waals surface area contributed by atoms with E-state index < -0.39 is 11.4 Å². The topological polar surface area (TPSA) is 153 Å². The van der Waals surface area contributed by atoms with Crippen molar-refractivity contribution in [3.8, 4) is 5.82 Å². The van der Waals surface area contributed by atoms with Crippen molar-refractivity contribution >= 4 is 23.2 Å². The van der Waals surface area contributed by atoms with Crippen molar-refractivity contribution < 1.29 is 13.9 Å². The molecule has 41 heavy (non-hydrogen) atoms. The zero-order valence-corrected chi connectivity index (χ0v) is 22.9. The first-order valence-corrected chi connectivity index (χ1v) is 13.4. The van der Waals surface area contributed by atoms with Crippen molar-refractivity contribution in [2.75, 3.05) is 12.4 Å². The first kappa shape index (κ1) is 26.5. The van der Waals surface area contributed by atoms with Crippen molar-refractivity contribution in [2.45, 2.75) is 57.1 Å². The third-order valence-electron chi connectivity index (χ3n) is 7.65. The number of ether oxygens (including phenoxy) is 1. The van der Waals surface area contributed by atoms with Crippen LogP contribution in [0.1, 0.15) is 61.6 Å². The van der Waals surface area contributed by atoms with Gasteiger partial charge in [-0.25, -0.2) is 19.0 Å². The summed E-state index contributed by atoms with van der Waals surface area (Å²) in [6.45, 7) is 3.82. The summed E-state index contributed by atoms with van der Waals surface area (Å²) in [5.74, 6) is 2.06. The van der Waals surface area contributed by atoms with Crippen molar-refractivity contribution in [3.63, 3.8) is 0 Å². The summed E-state index contributed by atoms with van der Waals surface area (Å²) in [5, 5.41) is 25.7. The monoisotopic (exact) mass is 559 g/mol. The standard InChI is InChI=1S/C27H30FN11O2/c1-16-10-22(36-35-16)33-21-11-24-37-30-15-38(24)25(34-21)18-6-8-27(41-3,9-7-18)26(40)32-17(2)19-4-5-23(29-12-19)39-14-20(28)13-31-39/h4-5,10-15,17-18H,6-9H2,1-3H3,(H,32,40)(H2,33,35,36)/t17-,18-,27+/m0/s1. The van der Waals surface area contributed by atoms with E-state index in [-0.39, 0.29) is 17.9 Å². The van der Waals surface area contributed by atoms with E-state index in [1.54, 1.807) is 25.7 Å². The molecular weight excluding hydrogens is 529 g/mol. The van der Waals surface area contributed by atoms with Crippen molar-refractivity contribution in [2.24, 2.45) is 0 Å². The zero-order chi connectivity index (χ0) is 28.6. The Morgan fingerprint density at radius 2 is 2.05 bits per heavy atom. The summed E-state index contributed by atoms with van der Waals surface area (Å²) >= 11 is 0. The molecule has 14 heteroatoms. The van der Waals surface area contributed by atoms with E-state index in [0.29, 0.717) is 48.8 Å². The predicted octanol–water partition coefficient (Wildman–Crippen LogP) is 3.54. The number of carbonyl (C=O) groups excluding carboxylic acids is 1. The fourth-order valence-electron chi connectivity index (χ4n) is 5.31. The average molecular weight is 560 g/mol. The third-order valence-corrected chi connectivity index (χ3v) is 7.65. The number of amides is 1. The van der Waals surface area contributed by atoms with E-state index in [1.165, 1.54) is 10.9 Å². The highest BCUT2D eigenvalue weighted by molar-refractivity contribution is 5.85. The molecule has 0 saturated heterocycles. The first-order valence-electron chi connectivity index (χ1n) is 13.4. The predicted molar refractivity (Wildman–Crippen MR) is 146 cm³/mol. The fourth-order valence-corrected chi connectivity index (χ4v) is 5.31. The number of aromatic nitrogens is 9. The van der Waals surface area contributed by atoms with Gasteiger partial charge in [-0.3, -0.25) is 14.3 Å². The molecule has 1 fully saturated rings. The lowest BCUT2D eigenvalue weighted by atomic mass is 9.77. The molecule has 13 nitrogen and oxygen atoms in total. The van der Waals surface area contributed by atoms with Crippen LogP contribution in [-0.4, -0.2) is 63.2 Å². The molecule has 6 rings (SSSR count). The van der Waals surface area contributed by atoms with Gasteiger partial charge in [-0.2, -0.15) is 10.2 Å². The summed E-state index contributed by atoms with van der Waals surface area (Å²) in [5.41, 5.74) is 1.47. The van der Waals surface area contributed by atoms with Gasteiger partial charge in [-0.05, 0) is 51.2 Å². The number of nitrogens with one attached hydrogen (secondary N) is 3. The van der Waals surface area contributed by atoms with E-state index in [1.807, 2.05) is 36.4 Å². The van der Waals surface area contributed by atoms with Crippen LogP contribution in [-0.2, 0) is 9.53 Å². The molecule has 1 saturated carbocycles. The Morgan fingerprint density at radius 3 is 2.71 bits per heavy atom. The number of nitrogens with zero attached hydrogens (tertiary/aromatic N) is 8. The van der Waals surface area contributed by atoms with Crippen LogP contribution >= 0.6 is 0 Å². The highest BCUT2D eigenvalue weighted by atomic mass is 19.1. The summed E-state index contributed by atoms with van der Waals surface area (Å²) in [6.07, 6.45) is 8.12. The molecule has 5 aromatic rings. The third kappa shape index (κ3) is 5.25. The normalized spacial score (nSPS) is 19.8. The maximum absolute atomic E-state index is 13.5. The fraction of sp³-hybridized carbons (Fsp3) is 0.370. The van der Waals surface area contributed by atoms with Crippen LogP contribution in [0.4, 0.5) is 16.0 Å². The molecule has 1 atom stereocenters. The van der Waals surface area contributed by atoms with Gasteiger partial charge >= 0.3 is 0 Å². The van der Waals surface area contributed by atoms with Crippen LogP contribution in [0.15, 0.2) is 49.2 Å². The SMILES string of the molecule is CO[C@]1(C(=O)N[C@@H](C)c2ccc(-n3cc(F)cn3)nc2)CC[C@H](c2nc(Nc3cc(C)[nH]n3)cc3nncn32)CC1. The number of H-pyrrole nitrogens is 1. The Hall–Kier alpha value is -4.72. The van der Waals surface area contributed by atoms with Gasteiger partial charge in [0.15, 0.2) is 23.1 Å². The number of aromatic amines is 1. The first-order chi connectivity index (χ1) is 19.8. The van der Waals surface area contributed by atoms with Crippen molar-refractivity contribution in [1.82, 2.24) is 49.9 Å². The molecular formula is C27H30FN11O2. The Bertz CT molecular complexity index is 1670. The lowest BCUT2D eigenvalue weighted by Gasteiger charge is -2.38. The molecule has 0 aliphatic heterocycles. The average Bonchev–Trinajstić information content (AvgIpc) is 3.74. The van der Waals surface area contributed by atoms with Crippen molar-refractivity contribution in [3.05, 3.63) is 72.1 Å². The maximum atomic E-state index is 13.5. The highest BCUT2D eigenvalue weighted by Gasteiger charge is 2.43. The summed E-state index contributed by atoms with van der Waals surface area (Å²) in [4.78, 5) is 22.8. The minimum absolute atomic E-state index is 0.0774. The molecule has 212 valence electrons. The molecule has 3 N–H and O–H groups in total. The molecule has 0 spiro atoms. The van der Waals surface area contributed by atoms with Crippen LogP contribution in [0.3, 0.4) is 0 Å². The smallest absolute Gasteiger partial charge is 0.252 e. The number of anilines is 2. The second-order valence-corrected chi connectivity index (χ2v) is 10.3. The van der Waals surface area contributed by atoms with Gasteiger partial charge in [0.05, 0.1) is 18.4 Å².